The molecule has 10 aromatic carbocycles. The van der Waals surface area contributed by atoms with Crippen molar-refractivity contribution in [3.8, 4) is 50.9 Å². The minimum absolute atomic E-state index is 0. The topological polar surface area (TPSA) is 35.9 Å². The first-order valence-electron chi connectivity index (χ1n) is 40.9. The number of pyridine rings is 1. The van der Waals surface area contributed by atoms with E-state index in [1.165, 1.54) is 75.9 Å². The zero-order valence-electron chi connectivity index (χ0n) is 75.0. The minimum atomic E-state index is -6.31. The van der Waals surface area contributed by atoms with Crippen LogP contribution in [0.2, 0.25) is 0 Å². The van der Waals surface area contributed by atoms with E-state index in [-0.39, 0.29) is 94.1 Å². The van der Waals surface area contributed by atoms with Crippen molar-refractivity contribution in [3.05, 3.63) is 283 Å². The van der Waals surface area contributed by atoms with Gasteiger partial charge in [-0.25, -0.2) is 4.98 Å². The molecule has 3 heterocycles. The van der Waals surface area contributed by atoms with Crippen molar-refractivity contribution in [2.24, 2.45) is 0 Å². The molecule has 0 radical (unpaired) electrons. The van der Waals surface area contributed by atoms with E-state index in [0.29, 0.717) is 16.3 Å². The predicted molar refractivity (Wildman–Crippen MR) is 332 cm³/mol. The molecule has 0 aliphatic rings. The van der Waals surface area contributed by atoms with Crippen LogP contribution < -0.4 is 30.1 Å². The van der Waals surface area contributed by atoms with Crippen molar-refractivity contribution >= 4 is 61.7 Å². The number of nitrogens with zero attached hydrogens (tertiary/aromatic N) is 4. The van der Waals surface area contributed by atoms with E-state index in [0.717, 1.165) is 12.3 Å². The largest absolute Gasteiger partial charge is 0.510 e. The molecule has 0 bridgehead atoms. The van der Waals surface area contributed by atoms with E-state index in [1.807, 2.05) is 0 Å². The van der Waals surface area contributed by atoms with Crippen molar-refractivity contribution < 1.29 is 74.2 Å². The Morgan fingerprint density at radius 2 is 1.22 bits per heavy atom. The molecule has 0 fully saturated rings. The molecule has 13 rings (SSSR count). The molecule has 0 N–H and O–H groups in total. The molecule has 0 amide bonds. The summed E-state index contributed by atoms with van der Waals surface area (Å²) in [5.74, 6) is -0.0757. The van der Waals surface area contributed by atoms with E-state index in [4.69, 9.17) is 28.0 Å². The number of para-hydroxylation sites is 1. The molecule has 0 spiro atoms. The third-order valence-corrected chi connectivity index (χ3v) is 18.0. The fourth-order valence-electron chi connectivity index (χ4n) is 10.4. The van der Waals surface area contributed by atoms with E-state index >= 15 is 0 Å². The maximum Gasteiger partial charge on any atom is 0.268 e. The summed E-state index contributed by atoms with van der Waals surface area (Å²) in [5, 5.41) is -2.24. The Hall–Kier alpha value is -8.67. The number of hydrogen-bond acceptors (Lipinski definition) is 2. The molecule has 0 unspecified atom stereocenters. The standard InChI is InChI=1S/C74H60N4OSi.Pt/c1-50-42-65(74(5,6)7)73(70(43-50)80(59-30-14-9-15-31-59,60-32-16-10-17-33-60)61-34-18-11-19-35-61)77-49-76(69-45-55(38-41-67(69)77)72-51(2)24-22-25-52(72)3)56-28-23-29-57(46-56)79-58-39-40-63-62-36-20-21-37-66(62)78(68(63)47-58)71-44-53(4)64(48-75-71)54-26-12-8-13-27-54;/h8-45,48H,1-7H3;/q-2;/i1D3,2D3,3D3,4D3,8D,9D,10D,11D,12D,13D,14D,15D,16D,17D,18D,19D,26D,27D,30D,31D,32D,33D,34D,35D;. The van der Waals surface area contributed by atoms with E-state index in [1.54, 1.807) is 61.7 Å². The molecular formula is C74H60N4OPtSi-2. The molecule has 81 heavy (non-hydrogen) atoms. The van der Waals surface area contributed by atoms with Crippen LogP contribution in [0.3, 0.4) is 0 Å². The summed E-state index contributed by atoms with van der Waals surface area (Å²) >= 11 is 0. The van der Waals surface area contributed by atoms with E-state index < -0.39 is 205 Å². The van der Waals surface area contributed by atoms with Crippen LogP contribution in [0.4, 0.5) is 0 Å². The monoisotopic (exact) mass is 1280 g/mol. The van der Waals surface area contributed by atoms with Gasteiger partial charge in [-0.15, -0.1) is 29.7 Å². The van der Waals surface area contributed by atoms with Crippen molar-refractivity contribution in [1.82, 2.24) is 14.1 Å². The number of rotatable bonds is 11. The van der Waals surface area contributed by atoms with Gasteiger partial charge in [0.25, 0.3) is 6.33 Å². The van der Waals surface area contributed by atoms with Gasteiger partial charge in [0, 0.05) is 66.3 Å². The minimum Gasteiger partial charge on any atom is -0.510 e. The maximum atomic E-state index is 10.0. The Morgan fingerprint density at radius 1 is 0.580 bits per heavy atom. The van der Waals surface area contributed by atoms with Crippen LogP contribution in [0.1, 0.15) is 92.5 Å². The van der Waals surface area contributed by atoms with Crippen LogP contribution in [0.15, 0.2) is 236 Å². The SMILES string of the molecule is [2H]c1c([2H])c([2H])c(-c2cnc(-n3c4[c-]c(Oc5[c-]c(-n6[c-][n+](-c7c(C(C)(C)C)cc(C([2H])([2H])[2H])cc7[Si](c7c([2H])c([2H])c([2H])c([2H])c7[2H])(c7c([2H])c([2H])c([2H])c([2H])c7[2H])c7c([2H])c([2H])c([2H])c([2H])c7[2H])c7ccc(-c8c(C([2H])([2H])[2H])cccc8C([2H])([2H])[2H])cc76)ccc5)ccc4c4ccccc43)cc2C([2H])([2H])[2H])c([2H])c1[2H].[Pt]. The number of fused-ring (bicyclic) bond motifs is 4. The number of benzene rings is 10. The van der Waals surface area contributed by atoms with Crippen LogP contribution in [0.5, 0.6) is 11.5 Å². The molecule has 0 aliphatic heterocycles. The summed E-state index contributed by atoms with van der Waals surface area (Å²) < 4.78 is 302. The summed E-state index contributed by atoms with van der Waals surface area (Å²) in [5.41, 5.74) is -3.84. The number of aryl methyl sites for hydroxylation is 4. The second-order valence-electron chi connectivity index (χ2n) is 19.7. The quantitative estimate of drug-likeness (QED) is 0.0560. The molecular weight excluding hydrogens is 1180 g/mol. The summed E-state index contributed by atoms with van der Waals surface area (Å²) in [6.45, 7) is -7.27. The van der Waals surface area contributed by atoms with Crippen LogP contribution in [0.25, 0.3) is 72.3 Å². The molecule has 0 atom stereocenters. The zero-order valence-corrected chi connectivity index (χ0v) is 46.3. The summed E-state index contributed by atoms with van der Waals surface area (Å²) in [6, 6.07) is 12.8. The first-order valence-corrected chi connectivity index (χ1v) is 26.9. The average molecular weight is 1280 g/mol. The zero-order chi connectivity index (χ0) is 82.1. The van der Waals surface area contributed by atoms with Gasteiger partial charge in [-0.05, 0) is 122 Å². The Kier molecular flexibility index (Phi) is 7.32. The molecule has 7 heteroatoms. The van der Waals surface area contributed by atoms with Crippen LogP contribution in [0, 0.1) is 45.9 Å². The average Bonchev–Trinajstić information content (AvgIpc) is 1.05. The molecule has 5 nitrogen and oxygen atoms in total. The molecule has 3 aromatic heterocycles. The van der Waals surface area contributed by atoms with Gasteiger partial charge in [0.15, 0.2) is 8.07 Å². The Bertz CT molecular complexity index is 5880. The Morgan fingerprint density at radius 3 is 1.88 bits per heavy atom. The van der Waals surface area contributed by atoms with Gasteiger partial charge in [0.2, 0.25) is 0 Å². The van der Waals surface area contributed by atoms with Crippen molar-refractivity contribution in [2.75, 3.05) is 0 Å². The third kappa shape index (κ3) is 9.36. The molecule has 0 saturated heterocycles. The smallest absolute Gasteiger partial charge is 0.268 e. The normalized spacial score (nSPS) is 18.1. The van der Waals surface area contributed by atoms with Gasteiger partial charge in [-0.1, -0.05) is 213 Å². The first kappa shape index (κ1) is 27.7. The van der Waals surface area contributed by atoms with Crippen molar-refractivity contribution in [1.29, 1.82) is 0 Å². The number of imidazole rings is 1. The number of ether oxygens (including phenoxy) is 1. The fourth-order valence-corrected chi connectivity index (χ4v) is 14.4. The van der Waals surface area contributed by atoms with Crippen molar-refractivity contribution in [2.45, 2.75) is 53.6 Å². The van der Waals surface area contributed by atoms with Gasteiger partial charge in [-0.3, -0.25) is 4.57 Å². The molecule has 0 aliphatic carbocycles. The fraction of sp³-hybridized carbons (Fsp3) is 0.108. The summed E-state index contributed by atoms with van der Waals surface area (Å²) in [4.78, 5) is 4.66. The Balaban J connectivity index is 0.0000118. The Labute approximate surface area is 535 Å². The van der Waals surface area contributed by atoms with Gasteiger partial charge in [0.1, 0.15) is 5.82 Å². The van der Waals surface area contributed by atoms with Gasteiger partial charge in [-0.2, -0.15) is 18.2 Å². The molecule has 0 saturated carbocycles. The van der Waals surface area contributed by atoms with E-state index in [2.05, 4.69) is 23.4 Å². The van der Waals surface area contributed by atoms with Gasteiger partial charge >= 0.3 is 0 Å². The summed E-state index contributed by atoms with van der Waals surface area (Å²) in [7, 11) is -6.31. The van der Waals surface area contributed by atoms with Gasteiger partial charge < -0.3 is 13.9 Å². The second-order valence-corrected chi connectivity index (χ2v) is 23.2. The van der Waals surface area contributed by atoms with E-state index in [9.17, 15) is 20.6 Å². The van der Waals surface area contributed by atoms with Crippen LogP contribution >= 0.6 is 0 Å². The van der Waals surface area contributed by atoms with Crippen molar-refractivity contribution in [3.63, 3.8) is 0 Å². The first-order chi connectivity index (χ1) is 52.1. The van der Waals surface area contributed by atoms with Gasteiger partial charge in [0.05, 0.1) is 44.1 Å². The predicted octanol–water partition coefficient (Wildman–Crippen LogP) is 14.8. The van der Waals surface area contributed by atoms with Crippen LogP contribution in [-0.2, 0) is 26.5 Å². The third-order valence-electron chi connectivity index (χ3n) is 13.8. The second kappa shape index (κ2) is 21.4. The summed E-state index contributed by atoms with van der Waals surface area (Å²) in [6.07, 6.45) is 4.44. The number of hydrogen-bond donors (Lipinski definition) is 0. The van der Waals surface area contributed by atoms with Crippen LogP contribution in [-0.4, -0.2) is 22.2 Å². The molecule has 13 aromatic rings. The number of aromatic nitrogens is 4. The molecule has 398 valence electrons. The maximum absolute atomic E-state index is 10.0.